The van der Waals surface area contributed by atoms with Crippen LogP contribution in [0, 0.1) is 18.9 Å². The number of phenols is 1. The van der Waals surface area contributed by atoms with Gasteiger partial charge in [0.25, 0.3) is 5.91 Å². The van der Waals surface area contributed by atoms with E-state index in [0.717, 1.165) is 29.7 Å². The van der Waals surface area contributed by atoms with E-state index in [0.29, 0.717) is 29.5 Å². The van der Waals surface area contributed by atoms with Gasteiger partial charge in [0, 0.05) is 26.2 Å². The third kappa shape index (κ3) is 4.72. The van der Waals surface area contributed by atoms with Gasteiger partial charge in [-0.2, -0.15) is 0 Å². The van der Waals surface area contributed by atoms with Crippen LogP contribution in [0.25, 0.3) is 0 Å². The molecule has 1 amide bonds. The number of hydrogen-bond donors (Lipinski definition) is 3. The van der Waals surface area contributed by atoms with Gasteiger partial charge in [-0.3, -0.25) is 4.79 Å². The van der Waals surface area contributed by atoms with Gasteiger partial charge in [-0.1, -0.05) is 18.9 Å². The van der Waals surface area contributed by atoms with Crippen LogP contribution in [0.1, 0.15) is 48.3 Å². The summed E-state index contributed by atoms with van der Waals surface area (Å²) in [5.41, 5.74) is 4.12. The highest BCUT2D eigenvalue weighted by molar-refractivity contribution is 5.96. The van der Waals surface area contributed by atoms with Gasteiger partial charge in [0.1, 0.15) is 11.5 Å². The highest BCUT2D eigenvalue weighted by atomic mass is 16.5. The number of hydrogen-bond acceptors (Lipinski definition) is 5. The Labute approximate surface area is 183 Å². The van der Waals surface area contributed by atoms with Gasteiger partial charge in [0.15, 0.2) is 6.10 Å². The molecule has 1 aliphatic carbocycles. The molecule has 0 aromatic heterocycles. The van der Waals surface area contributed by atoms with E-state index in [2.05, 4.69) is 22.6 Å². The zero-order valence-corrected chi connectivity index (χ0v) is 18.3. The molecule has 3 N–H and O–H groups in total. The number of fused-ring (bicyclic) bond motifs is 1. The Morgan fingerprint density at radius 2 is 2.00 bits per heavy atom. The molecule has 0 spiro atoms. The maximum Gasteiger partial charge on any atom is 0.267 e. The molecule has 6 nitrogen and oxygen atoms in total. The van der Waals surface area contributed by atoms with Crippen LogP contribution in [0.2, 0.25) is 0 Å². The van der Waals surface area contributed by atoms with Gasteiger partial charge >= 0.3 is 0 Å². The zero-order valence-electron chi connectivity index (χ0n) is 18.3. The lowest BCUT2D eigenvalue weighted by Gasteiger charge is -2.27. The van der Waals surface area contributed by atoms with Gasteiger partial charge < -0.3 is 25.4 Å². The third-order valence-corrected chi connectivity index (χ3v) is 5.81. The maximum absolute atomic E-state index is 13.0. The summed E-state index contributed by atoms with van der Waals surface area (Å²) in [5, 5.41) is 16.9. The summed E-state index contributed by atoms with van der Waals surface area (Å²) in [6, 6.07) is 12.4. The first-order valence-electron chi connectivity index (χ1n) is 10.8. The number of aryl methyl sites for hydroxylation is 1. The number of rotatable bonds is 3. The SMILES string of the molecule is Cc1ccc2c(c1)NCC(C(=O)Nc1cc(O)c(C3CCCC3)cc1C#CN(C)C)O2. The molecular formula is C25H29N3O3. The number of anilines is 2. The first kappa shape index (κ1) is 20.9. The van der Waals surface area contributed by atoms with Crippen LogP contribution < -0.4 is 15.4 Å². The minimum Gasteiger partial charge on any atom is -0.508 e. The molecule has 31 heavy (non-hydrogen) atoms. The summed E-state index contributed by atoms with van der Waals surface area (Å²) < 4.78 is 5.91. The van der Waals surface area contributed by atoms with Crippen LogP contribution >= 0.6 is 0 Å². The molecule has 0 radical (unpaired) electrons. The van der Waals surface area contributed by atoms with E-state index in [1.807, 2.05) is 45.3 Å². The minimum absolute atomic E-state index is 0.209. The number of nitrogens with one attached hydrogen (secondary N) is 2. The van der Waals surface area contributed by atoms with E-state index in [-0.39, 0.29) is 11.7 Å². The Morgan fingerprint density at radius 1 is 1.23 bits per heavy atom. The highest BCUT2D eigenvalue weighted by Crippen LogP contribution is 2.40. The topological polar surface area (TPSA) is 73.8 Å². The number of ether oxygens (including phenoxy) is 1. The largest absolute Gasteiger partial charge is 0.508 e. The van der Waals surface area contributed by atoms with Gasteiger partial charge in [-0.15, -0.1) is 0 Å². The molecule has 162 valence electrons. The average Bonchev–Trinajstić information content (AvgIpc) is 3.27. The van der Waals surface area contributed by atoms with Gasteiger partial charge in [0.2, 0.25) is 0 Å². The summed E-state index contributed by atoms with van der Waals surface area (Å²) in [4.78, 5) is 14.7. The van der Waals surface area contributed by atoms with Crippen molar-refractivity contribution in [1.29, 1.82) is 0 Å². The molecule has 0 bridgehead atoms. The van der Waals surface area contributed by atoms with E-state index in [1.54, 1.807) is 11.0 Å². The van der Waals surface area contributed by atoms with E-state index >= 15 is 0 Å². The summed E-state index contributed by atoms with van der Waals surface area (Å²) in [6.07, 6.45) is 3.81. The van der Waals surface area contributed by atoms with Crippen molar-refractivity contribution in [2.24, 2.45) is 0 Å². The molecule has 6 heteroatoms. The Morgan fingerprint density at radius 3 is 2.74 bits per heavy atom. The Bertz CT molecular complexity index is 1050. The summed E-state index contributed by atoms with van der Waals surface area (Å²) in [6.45, 7) is 2.38. The molecule has 0 saturated heterocycles. The fourth-order valence-electron chi connectivity index (χ4n) is 4.19. The lowest BCUT2D eigenvalue weighted by atomic mass is 9.94. The smallest absolute Gasteiger partial charge is 0.267 e. The molecule has 1 fully saturated rings. The highest BCUT2D eigenvalue weighted by Gasteiger charge is 2.27. The summed E-state index contributed by atoms with van der Waals surface area (Å²) in [5.74, 6) is 4.06. The normalized spacial score (nSPS) is 17.6. The van der Waals surface area contributed by atoms with Crippen molar-refractivity contribution in [2.45, 2.75) is 44.6 Å². The minimum atomic E-state index is -0.679. The molecule has 1 aliphatic heterocycles. The Kier molecular flexibility index (Phi) is 5.94. The van der Waals surface area contributed by atoms with Gasteiger partial charge in [0.05, 0.1) is 23.5 Å². The molecule has 1 atom stereocenters. The van der Waals surface area contributed by atoms with Crippen molar-refractivity contribution in [3.05, 3.63) is 47.0 Å². The molecular weight excluding hydrogens is 390 g/mol. The number of amides is 1. The number of phenolic OH excluding ortho intramolecular Hbond substituents is 1. The first-order chi connectivity index (χ1) is 14.9. The van der Waals surface area contributed by atoms with Crippen molar-refractivity contribution in [1.82, 2.24) is 4.90 Å². The van der Waals surface area contributed by atoms with Crippen LogP contribution in [0.15, 0.2) is 30.3 Å². The van der Waals surface area contributed by atoms with Crippen LogP contribution in [0.4, 0.5) is 11.4 Å². The quantitative estimate of drug-likeness (QED) is 0.517. The molecule has 2 aromatic rings. The van der Waals surface area contributed by atoms with Crippen molar-refractivity contribution >= 4 is 17.3 Å². The van der Waals surface area contributed by atoms with Crippen molar-refractivity contribution in [3.8, 4) is 23.5 Å². The van der Waals surface area contributed by atoms with E-state index in [1.165, 1.54) is 12.8 Å². The van der Waals surface area contributed by atoms with Crippen molar-refractivity contribution < 1.29 is 14.6 Å². The second kappa shape index (κ2) is 8.81. The summed E-state index contributed by atoms with van der Waals surface area (Å²) >= 11 is 0. The maximum atomic E-state index is 13.0. The number of carbonyl (C=O) groups excluding carboxylic acids is 1. The van der Waals surface area contributed by atoms with E-state index in [9.17, 15) is 9.90 Å². The number of benzene rings is 2. The molecule has 1 saturated carbocycles. The molecule has 1 unspecified atom stereocenters. The monoisotopic (exact) mass is 419 g/mol. The molecule has 1 heterocycles. The van der Waals surface area contributed by atoms with Crippen LogP contribution in [-0.2, 0) is 4.79 Å². The fraction of sp³-hybridized carbons (Fsp3) is 0.400. The van der Waals surface area contributed by atoms with Gasteiger partial charge in [-0.25, -0.2) is 0 Å². The van der Waals surface area contributed by atoms with Crippen LogP contribution in [0.5, 0.6) is 11.5 Å². The number of aromatic hydroxyl groups is 1. The third-order valence-electron chi connectivity index (χ3n) is 5.81. The lowest BCUT2D eigenvalue weighted by molar-refractivity contribution is -0.122. The predicted octanol–water partition coefficient (Wildman–Crippen LogP) is 4.04. The standard InChI is InChI=1S/C25H29N3O3/c1-16-8-9-23-21(12-16)26-15-24(31-23)25(30)27-20-14-22(29)19(17-6-4-5-7-17)13-18(20)10-11-28(2)3/h8-9,12-14,17,24,26,29H,4-7,15H2,1-3H3,(H,27,30). The molecule has 2 aliphatic rings. The Hall–Kier alpha value is -3.33. The second-order valence-corrected chi connectivity index (χ2v) is 8.55. The van der Waals surface area contributed by atoms with Gasteiger partial charge in [-0.05, 0) is 60.9 Å². The zero-order chi connectivity index (χ0) is 22.0. The van der Waals surface area contributed by atoms with E-state index in [4.69, 9.17) is 4.74 Å². The second-order valence-electron chi connectivity index (χ2n) is 8.55. The fourth-order valence-corrected chi connectivity index (χ4v) is 4.19. The number of nitrogens with zero attached hydrogens (tertiary/aromatic N) is 1. The molecule has 2 aromatic carbocycles. The molecule has 4 rings (SSSR count). The number of carbonyl (C=O) groups is 1. The van der Waals surface area contributed by atoms with Crippen molar-refractivity contribution in [2.75, 3.05) is 31.3 Å². The van der Waals surface area contributed by atoms with Crippen LogP contribution in [-0.4, -0.2) is 42.7 Å². The van der Waals surface area contributed by atoms with Crippen LogP contribution in [0.3, 0.4) is 0 Å². The summed E-state index contributed by atoms with van der Waals surface area (Å²) in [7, 11) is 3.73. The van der Waals surface area contributed by atoms with Crippen molar-refractivity contribution in [3.63, 3.8) is 0 Å². The Balaban J connectivity index is 1.58. The predicted molar refractivity (Wildman–Crippen MR) is 123 cm³/mol. The van der Waals surface area contributed by atoms with E-state index < -0.39 is 6.10 Å². The first-order valence-corrected chi connectivity index (χ1v) is 10.8. The average molecular weight is 420 g/mol. The lowest BCUT2D eigenvalue weighted by Crippen LogP contribution is -2.41.